The molecule has 0 amide bonds. The molecule has 0 fully saturated rings. The molecule has 17 heavy (non-hydrogen) atoms. The van der Waals surface area contributed by atoms with Crippen LogP contribution in [0.4, 0.5) is 18.9 Å². The maximum atomic E-state index is 12.3. The number of benzene rings is 1. The fourth-order valence-electron chi connectivity index (χ4n) is 1.22. The molecule has 1 unspecified atom stereocenters. The Morgan fingerprint density at radius 3 is 2.53 bits per heavy atom. The highest BCUT2D eigenvalue weighted by Crippen LogP contribution is 2.40. The summed E-state index contributed by atoms with van der Waals surface area (Å²) in [4.78, 5) is 11.0. The zero-order valence-corrected chi connectivity index (χ0v) is 11.1. The van der Waals surface area contributed by atoms with E-state index in [0.29, 0.717) is 0 Å². The van der Waals surface area contributed by atoms with E-state index in [1.54, 1.807) is 0 Å². The molecule has 0 saturated heterocycles. The SMILES string of the molecule is CC(Br)C(=O)c1c(N)cccc1SC(F)(F)F. The van der Waals surface area contributed by atoms with Gasteiger partial charge in [0.1, 0.15) is 0 Å². The lowest BCUT2D eigenvalue weighted by Gasteiger charge is -2.13. The minimum atomic E-state index is -4.45. The fraction of sp³-hybridized carbons (Fsp3) is 0.300. The van der Waals surface area contributed by atoms with Crippen molar-refractivity contribution in [2.24, 2.45) is 0 Å². The van der Waals surface area contributed by atoms with Crippen molar-refractivity contribution in [1.29, 1.82) is 0 Å². The van der Waals surface area contributed by atoms with E-state index >= 15 is 0 Å². The third-order valence-corrected chi connectivity index (χ3v) is 3.10. The molecule has 1 aromatic carbocycles. The third kappa shape index (κ3) is 3.92. The van der Waals surface area contributed by atoms with Gasteiger partial charge in [-0.15, -0.1) is 0 Å². The van der Waals surface area contributed by atoms with Crippen LogP contribution in [0.5, 0.6) is 0 Å². The number of halogens is 4. The highest BCUT2D eigenvalue weighted by molar-refractivity contribution is 9.10. The van der Waals surface area contributed by atoms with Crippen LogP contribution in [-0.4, -0.2) is 16.1 Å². The Bertz CT molecular complexity index is 434. The lowest BCUT2D eigenvalue weighted by molar-refractivity contribution is -0.0328. The van der Waals surface area contributed by atoms with Crippen LogP contribution in [0.2, 0.25) is 0 Å². The number of Topliss-reactive ketones (excluding diaryl/α,β-unsaturated/α-hetero) is 1. The number of ketones is 1. The van der Waals surface area contributed by atoms with Gasteiger partial charge in [0.2, 0.25) is 0 Å². The molecular weight excluding hydrogens is 319 g/mol. The van der Waals surface area contributed by atoms with Crippen LogP contribution in [0.3, 0.4) is 0 Å². The highest BCUT2D eigenvalue weighted by Gasteiger charge is 2.32. The largest absolute Gasteiger partial charge is 0.446 e. The molecule has 0 spiro atoms. The monoisotopic (exact) mass is 327 g/mol. The Kier molecular flexibility index (Phi) is 4.48. The molecule has 7 heteroatoms. The maximum absolute atomic E-state index is 12.3. The number of thioether (sulfide) groups is 1. The Balaban J connectivity index is 3.22. The molecule has 0 aliphatic heterocycles. The number of rotatable bonds is 3. The molecule has 0 aliphatic carbocycles. The summed E-state index contributed by atoms with van der Waals surface area (Å²) >= 11 is 2.69. The molecule has 0 aromatic heterocycles. The van der Waals surface area contributed by atoms with E-state index in [0.717, 1.165) is 0 Å². The number of anilines is 1. The van der Waals surface area contributed by atoms with E-state index in [4.69, 9.17) is 5.73 Å². The van der Waals surface area contributed by atoms with E-state index in [-0.39, 0.29) is 27.9 Å². The summed E-state index contributed by atoms with van der Waals surface area (Å²) in [5.74, 6) is -0.463. The Labute approximate surface area is 109 Å². The topological polar surface area (TPSA) is 43.1 Å². The number of carbonyl (C=O) groups is 1. The molecule has 1 aromatic rings. The molecule has 0 bridgehead atoms. The Hall–Kier alpha value is -0.690. The van der Waals surface area contributed by atoms with Gasteiger partial charge in [0.25, 0.3) is 0 Å². The quantitative estimate of drug-likeness (QED) is 0.397. The van der Waals surface area contributed by atoms with Crippen molar-refractivity contribution in [1.82, 2.24) is 0 Å². The van der Waals surface area contributed by atoms with Crippen molar-refractivity contribution in [3.63, 3.8) is 0 Å². The third-order valence-electron chi connectivity index (χ3n) is 1.89. The number of alkyl halides is 4. The van der Waals surface area contributed by atoms with Gasteiger partial charge in [-0.05, 0) is 30.8 Å². The summed E-state index contributed by atoms with van der Waals surface area (Å²) in [6.45, 7) is 1.54. The first-order valence-electron chi connectivity index (χ1n) is 4.55. The van der Waals surface area contributed by atoms with E-state index in [1.165, 1.54) is 25.1 Å². The highest BCUT2D eigenvalue weighted by atomic mass is 79.9. The number of hydrogen-bond donors (Lipinski definition) is 1. The van der Waals surface area contributed by atoms with Gasteiger partial charge in [-0.1, -0.05) is 22.0 Å². The molecule has 0 radical (unpaired) electrons. The summed E-state index contributed by atoms with van der Waals surface area (Å²) in [7, 11) is 0. The van der Waals surface area contributed by atoms with Gasteiger partial charge in [-0.25, -0.2) is 0 Å². The predicted molar refractivity (Wildman–Crippen MR) is 65.5 cm³/mol. The van der Waals surface area contributed by atoms with E-state index in [1.807, 2.05) is 0 Å². The molecule has 0 saturated carbocycles. The van der Waals surface area contributed by atoms with Crippen molar-refractivity contribution >= 4 is 39.2 Å². The predicted octanol–water partition coefficient (Wildman–Crippen LogP) is 3.85. The maximum Gasteiger partial charge on any atom is 0.446 e. The van der Waals surface area contributed by atoms with Crippen LogP contribution in [0.15, 0.2) is 23.1 Å². The number of hydrogen-bond acceptors (Lipinski definition) is 3. The molecule has 0 heterocycles. The summed E-state index contributed by atoms with van der Waals surface area (Å²) in [6, 6.07) is 4.03. The summed E-state index contributed by atoms with van der Waals surface area (Å²) in [6.07, 6.45) is 0. The number of nitrogen functional groups attached to an aromatic ring is 1. The van der Waals surface area contributed by atoms with Gasteiger partial charge < -0.3 is 5.73 Å². The average molecular weight is 328 g/mol. The standard InChI is InChI=1S/C10H9BrF3NOS/c1-5(11)9(16)8-6(15)3-2-4-7(8)17-10(12,13)14/h2-5H,15H2,1H3. The molecular formula is C10H9BrF3NOS. The van der Waals surface area contributed by atoms with E-state index < -0.39 is 16.1 Å². The minimum Gasteiger partial charge on any atom is -0.398 e. The van der Waals surface area contributed by atoms with Crippen molar-refractivity contribution in [3.8, 4) is 0 Å². The first-order valence-corrected chi connectivity index (χ1v) is 6.28. The van der Waals surface area contributed by atoms with E-state index in [2.05, 4.69) is 15.9 Å². The van der Waals surface area contributed by atoms with Crippen LogP contribution >= 0.6 is 27.7 Å². The van der Waals surface area contributed by atoms with Crippen LogP contribution in [0.25, 0.3) is 0 Å². The Morgan fingerprint density at radius 1 is 1.47 bits per heavy atom. The normalized spacial score (nSPS) is 13.5. The number of nitrogens with two attached hydrogens (primary N) is 1. The molecule has 2 N–H and O–H groups in total. The van der Waals surface area contributed by atoms with Gasteiger partial charge in [-0.2, -0.15) is 13.2 Å². The van der Waals surface area contributed by atoms with Gasteiger partial charge in [0, 0.05) is 10.6 Å². The minimum absolute atomic E-state index is 0.0514. The first-order chi connectivity index (χ1) is 7.72. The number of carbonyl (C=O) groups excluding carboxylic acids is 1. The van der Waals surface area contributed by atoms with Gasteiger partial charge in [0.15, 0.2) is 5.78 Å². The molecule has 2 nitrogen and oxygen atoms in total. The van der Waals surface area contributed by atoms with Crippen molar-refractivity contribution < 1.29 is 18.0 Å². The van der Waals surface area contributed by atoms with Gasteiger partial charge >= 0.3 is 5.51 Å². The molecule has 1 rings (SSSR count). The zero-order chi connectivity index (χ0) is 13.2. The van der Waals surface area contributed by atoms with Crippen molar-refractivity contribution in [2.45, 2.75) is 22.2 Å². The van der Waals surface area contributed by atoms with Crippen LogP contribution in [0.1, 0.15) is 17.3 Å². The molecule has 0 aliphatic rings. The second-order valence-corrected chi connectivity index (χ2v) is 5.73. The lowest BCUT2D eigenvalue weighted by Crippen LogP contribution is -2.15. The second-order valence-electron chi connectivity index (χ2n) is 3.25. The summed E-state index contributed by atoms with van der Waals surface area (Å²) in [5, 5.41) is 0. The van der Waals surface area contributed by atoms with E-state index in [9.17, 15) is 18.0 Å². The second kappa shape index (κ2) is 5.30. The van der Waals surface area contributed by atoms with Crippen LogP contribution in [0, 0.1) is 0 Å². The van der Waals surface area contributed by atoms with Crippen molar-refractivity contribution in [3.05, 3.63) is 23.8 Å². The summed E-state index contributed by atoms with van der Waals surface area (Å²) in [5.41, 5.74) is 1.08. The summed E-state index contributed by atoms with van der Waals surface area (Å²) < 4.78 is 37.0. The fourth-order valence-corrected chi connectivity index (χ4v) is 2.17. The van der Waals surface area contributed by atoms with Gasteiger partial charge in [-0.3, -0.25) is 4.79 Å². The first kappa shape index (κ1) is 14.4. The van der Waals surface area contributed by atoms with Gasteiger partial charge in [0.05, 0.1) is 10.4 Å². The van der Waals surface area contributed by atoms with Crippen LogP contribution in [-0.2, 0) is 0 Å². The smallest absolute Gasteiger partial charge is 0.398 e. The molecule has 94 valence electrons. The van der Waals surface area contributed by atoms with Crippen molar-refractivity contribution in [2.75, 3.05) is 5.73 Å². The van der Waals surface area contributed by atoms with Crippen LogP contribution < -0.4 is 5.73 Å². The molecule has 1 atom stereocenters. The lowest BCUT2D eigenvalue weighted by atomic mass is 10.1. The average Bonchev–Trinajstić information content (AvgIpc) is 2.14. The zero-order valence-electron chi connectivity index (χ0n) is 8.72. The Morgan fingerprint density at radius 2 is 2.06 bits per heavy atom.